The van der Waals surface area contributed by atoms with Crippen molar-refractivity contribution in [3.8, 4) is 5.75 Å². The molecule has 0 radical (unpaired) electrons. The zero-order chi connectivity index (χ0) is 18.9. The second kappa shape index (κ2) is 7.22. The van der Waals surface area contributed by atoms with Crippen LogP contribution in [0.5, 0.6) is 5.75 Å². The van der Waals surface area contributed by atoms with Crippen molar-refractivity contribution in [2.45, 2.75) is 30.3 Å². The summed E-state index contributed by atoms with van der Waals surface area (Å²) in [4.78, 5) is 4.38. The number of aryl methyl sites for hydroxylation is 1. The maximum atomic E-state index is 12.8. The van der Waals surface area contributed by atoms with Crippen molar-refractivity contribution in [3.63, 3.8) is 0 Å². The van der Waals surface area contributed by atoms with Crippen LogP contribution in [-0.4, -0.2) is 49.6 Å². The van der Waals surface area contributed by atoms with Gasteiger partial charge in [-0.05, 0) is 49.9 Å². The van der Waals surface area contributed by atoms with Gasteiger partial charge < -0.3 is 9.47 Å². The summed E-state index contributed by atoms with van der Waals surface area (Å²) in [7, 11) is -3.46. The van der Waals surface area contributed by atoms with Crippen LogP contribution in [0.1, 0.15) is 18.4 Å². The number of sulfonamides is 1. The first-order chi connectivity index (χ1) is 13.0. The number of hydrogen-bond acceptors (Lipinski definition) is 5. The predicted octanol–water partition coefficient (Wildman–Crippen LogP) is 2.64. The summed E-state index contributed by atoms with van der Waals surface area (Å²) in [6.07, 6.45) is 5.19. The van der Waals surface area contributed by atoms with E-state index >= 15 is 0 Å². The number of benzene rings is 1. The minimum absolute atomic E-state index is 0.304. The number of aromatic nitrogens is 1. The summed E-state index contributed by atoms with van der Waals surface area (Å²) < 4.78 is 38.9. The lowest BCUT2D eigenvalue weighted by molar-refractivity contribution is -0.104. The van der Waals surface area contributed by atoms with Crippen molar-refractivity contribution < 1.29 is 17.9 Å². The molecule has 1 unspecified atom stereocenters. The fourth-order valence-corrected chi connectivity index (χ4v) is 5.43. The van der Waals surface area contributed by atoms with Gasteiger partial charge in [-0.25, -0.2) is 8.42 Å². The summed E-state index contributed by atoms with van der Waals surface area (Å²) in [5.41, 5.74) is 0.678. The van der Waals surface area contributed by atoms with E-state index < -0.39 is 10.0 Å². The molecule has 7 heteroatoms. The van der Waals surface area contributed by atoms with Gasteiger partial charge in [-0.1, -0.05) is 17.7 Å². The lowest BCUT2D eigenvalue weighted by atomic mass is 9.80. The molecule has 2 fully saturated rings. The summed E-state index contributed by atoms with van der Waals surface area (Å²) >= 11 is 0. The predicted molar refractivity (Wildman–Crippen MR) is 101 cm³/mol. The first-order valence-electron chi connectivity index (χ1n) is 9.23. The second-order valence-electron chi connectivity index (χ2n) is 7.31. The summed E-state index contributed by atoms with van der Waals surface area (Å²) in [6.45, 7) is 4.03. The molecule has 2 aliphatic heterocycles. The van der Waals surface area contributed by atoms with Crippen LogP contribution in [0.3, 0.4) is 0 Å². The fourth-order valence-electron chi connectivity index (χ4n) is 3.87. The molecule has 3 heterocycles. The molecule has 0 N–H and O–H groups in total. The van der Waals surface area contributed by atoms with Crippen molar-refractivity contribution in [2.24, 2.45) is 5.92 Å². The Morgan fingerprint density at radius 2 is 2.04 bits per heavy atom. The third-order valence-electron chi connectivity index (χ3n) is 5.52. The average Bonchev–Trinajstić information content (AvgIpc) is 3.06. The third kappa shape index (κ3) is 3.59. The third-order valence-corrected chi connectivity index (χ3v) is 7.32. The van der Waals surface area contributed by atoms with Gasteiger partial charge in [0.2, 0.25) is 10.0 Å². The van der Waals surface area contributed by atoms with Crippen LogP contribution in [0.4, 0.5) is 0 Å². The van der Waals surface area contributed by atoms with Crippen molar-refractivity contribution in [1.29, 1.82) is 0 Å². The van der Waals surface area contributed by atoms with Gasteiger partial charge in [0.1, 0.15) is 5.75 Å². The Hall–Kier alpha value is -1.96. The van der Waals surface area contributed by atoms with Crippen LogP contribution in [0, 0.1) is 12.8 Å². The Kier molecular flexibility index (Phi) is 4.92. The van der Waals surface area contributed by atoms with Crippen LogP contribution >= 0.6 is 0 Å². The Bertz CT molecular complexity index is 878. The Labute approximate surface area is 160 Å². The molecular weight excluding hydrogens is 364 g/mol. The van der Waals surface area contributed by atoms with E-state index in [1.54, 1.807) is 24.5 Å². The van der Waals surface area contributed by atoms with E-state index in [1.807, 2.05) is 31.2 Å². The zero-order valence-corrected chi connectivity index (χ0v) is 16.2. The van der Waals surface area contributed by atoms with Crippen molar-refractivity contribution >= 4 is 10.0 Å². The Morgan fingerprint density at radius 3 is 2.74 bits per heavy atom. The van der Waals surface area contributed by atoms with Crippen molar-refractivity contribution in [2.75, 3.05) is 26.3 Å². The minimum Gasteiger partial charge on any atom is -0.492 e. The largest absolute Gasteiger partial charge is 0.492 e. The standard InChI is InChI=1S/C20H24N2O4S/c1-16-4-6-19(7-5-16)27(23,24)22-14-20(15-22)17(9-12-26-20)8-11-25-18-3-2-10-21-13-18/h2-7,10,13,17H,8-9,11-12,14-15H2,1H3. The minimum atomic E-state index is -3.46. The molecule has 1 spiro atoms. The van der Waals surface area contributed by atoms with Gasteiger partial charge in [0.25, 0.3) is 0 Å². The highest BCUT2D eigenvalue weighted by Gasteiger charge is 2.56. The van der Waals surface area contributed by atoms with Gasteiger partial charge in [-0.2, -0.15) is 4.31 Å². The number of rotatable bonds is 6. The maximum Gasteiger partial charge on any atom is 0.243 e. The maximum absolute atomic E-state index is 12.8. The van der Waals surface area contributed by atoms with Gasteiger partial charge in [0, 0.05) is 25.9 Å². The van der Waals surface area contributed by atoms with Gasteiger partial charge >= 0.3 is 0 Å². The van der Waals surface area contributed by atoms with E-state index in [-0.39, 0.29) is 5.60 Å². The normalized spacial score (nSPS) is 21.9. The molecule has 0 bridgehead atoms. The number of pyridine rings is 1. The highest BCUT2D eigenvalue weighted by Crippen LogP contribution is 2.43. The summed E-state index contributed by atoms with van der Waals surface area (Å²) in [5.74, 6) is 1.06. The SMILES string of the molecule is Cc1ccc(S(=O)(=O)N2CC3(C2)OCCC3CCOc2cccnc2)cc1. The molecule has 1 aromatic carbocycles. The van der Waals surface area contributed by atoms with Crippen molar-refractivity contribution in [3.05, 3.63) is 54.4 Å². The van der Waals surface area contributed by atoms with Gasteiger partial charge in [-0.3, -0.25) is 4.98 Å². The lowest BCUT2D eigenvalue weighted by Gasteiger charge is -2.49. The molecule has 27 heavy (non-hydrogen) atoms. The molecule has 1 aromatic heterocycles. The molecule has 6 nitrogen and oxygen atoms in total. The van der Waals surface area contributed by atoms with Gasteiger partial charge in [0.15, 0.2) is 0 Å². The van der Waals surface area contributed by atoms with Crippen LogP contribution in [0.25, 0.3) is 0 Å². The highest BCUT2D eigenvalue weighted by atomic mass is 32.2. The first kappa shape index (κ1) is 18.4. The van der Waals surface area contributed by atoms with Crippen LogP contribution in [0.2, 0.25) is 0 Å². The van der Waals surface area contributed by atoms with Crippen LogP contribution < -0.4 is 4.74 Å². The lowest BCUT2D eigenvalue weighted by Crippen LogP contribution is -2.66. The monoisotopic (exact) mass is 388 g/mol. The van der Waals surface area contributed by atoms with Gasteiger partial charge in [0.05, 0.1) is 23.3 Å². The number of hydrogen-bond donors (Lipinski definition) is 0. The molecule has 1 atom stereocenters. The van der Waals surface area contributed by atoms with E-state index in [2.05, 4.69) is 4.98 Å². The Morgan fingerprint density at radius 1 is 1.26 bits per heavy atom. The zero-order valence-electron chi connectivity index (χ0n) is 15.4. The molecule has 2 aliphatic rings. The number of nitrogens with zero attached hydrogens (tertiary/aromatic N) is 2. The average molecular weight is 388 g/mol. The molecule has 0 aliphatic carbocycles. The molecule has 0 saturated carbocycles. The first-order valence-corrected chi connectivity index (χ1v) is 10.7. The van der Waals surface area contributed by atoms with E-state index in [9.17, 15) is 8.42 Å². The summed E-state index contributed by atoms with van der Waals surface area (Å²) in [5, 5.41) is 0. The van der Waals surface area contributed by atoms with E-state index in [0.717, 1.165) is 24.2 Å². The summed E-state index contributed by atoms with van der Waals surface area (Å²) in [6, 6.07) is 10.7. The quantitative estimate of drug-likeness (QED) is 0.761. The fraction of sp³-hybridized carbons (Fsp3) is 0.450. The molecule has 2 aromatic rings. The number of ether oxygens (including phenoxy) is 2. The van der Waals surface area contributed by atoms with Crippen LogP contribution in [0.15, 0.2) is 53.7 Å². The molecular formula is C20H24N2O4S. The molecule has 4 rings (SSSR count). The Balaban J connectivity index is 1.36. The highest BCUT2D eigenvalue weighted by molar-refractivity contribution is 7.89. The van der Waals surface area contributed by atoms with Gasteiger partial charge in [-0.15, -0.1) is 0 Å². The smallest absolute Gasteiger partial charge is 0.243 e. The molecule has 144 valence electrons. The molecule has 2 saturated heterocycles. The van der Waals surface area contributed by atoms with E-state index in [4.69, 9.17) is 9.47 Å². The molecule has 0 amide bonds. The van der Waals surface area contributed by atoms with E-state index in [0.29, 0.717) is 37.1 Å². The second-order valence-corrected chi connectivity index (χ2v) is 9.25. The van der Waals surface area contributed by atoms with E-state index in [1.165, 1.54) is 4.31 Å². The van der Waals surface area contributed by atoms with Crippen LogP contribution in [-0.2, 0) is 14.8 Å². The van der Waals surface area contributed by atoms with Crippen molar-refractivity contribution in [1.82, 2.24) is 9.29 Å². The topological polar surface area (TPSA) is 68.7 Å².